The molecule has 5 heteroatoms. The van der Waals surface area contributed by atoms with E-state index in [-0.39, 0.29) is 5.69 Å². The van der Waals surface area contributed by atoms with E-state index in [0.717, 1.165) is 10.1 Å². The lowest BCUT2D eigenvalue weighted by molar-refractivity contribution is 0.587. The van der Waals surface area contributed by atoms with Crippen LogP contribution in [-0.4, -0.2) is 14.3 Å². The highest BCUT2D eigenvalue weighted by atomic mass is 16.2. The minimum atomic E-state index is -0.397. The lowest BCUT2D eigenvalue weighted by atomic mass is 10.1. The number of hydrogen-bond acceptors (Lipinski definition) is 2. The SMILES string of the molecule is C=C(Cn1[nH]c(=O)n(C)c1=O)C(C)C. The van der Waals surface area contributed by atoms with E-state index in [0.29, 0.717) is 12.5 Å². The van der Waals surface area contributed by atoms with E-state index < -0.39 is 5.69 Å². The first-order chi connectivity index (χ1) is 6.43. The third-order valence-corrected chi connectivity index (χ3v) is 2.23. The van der Waals surface area contributed by atoms with Gasteiger partial charge in [-0.25, -0.2) is 23.9 Å². The lowest BCUT2D eigenvalue weighted by Gasteiger charge is -2.08. The molecular formula is C9H15N3O2. The molecule has 0 aliphatic carbocycles. The average molecular weight is 197 g/mol. The molecule has 0 amide bonds. The zero-order valence-corrected chi connectivity index (χ0v) is 8.70. The van der Waals surface area contributed by atoms with Crippen molar-refractivity contribution in [3.63, 3.8) is 0 Å². The molecule has 1 aromatic heterocycles. The number of nitrogens with one attached hydrogen (secondary N) is 1. The Bertz CT molecular complexity index is 447. The predicted molar refractivity (Wildman–Crippen MR) is 54.3 cm³/mol. The number of H-pyrrole nitrogens is 1. The Kier molecular flexibility index (Phi) is 2.78. The second kappa shape index (κ2) is 3.69. The topological polar surface area (TPSA) is 59.8 Å². The first-order valence-electron chi connectivity index (χ1n) is 4.47. The fourth-order valence-electron chi connectivity index (χ4n) is 0.999. The van der Waals surface area contributed by atoms with Crippen LogP contribution in [0.15, 0.2) is 21.7 Å². The van der Waals surface area contributed by atoms with Gasteiger partial charge in [-0.3, -0.25) is 0 Å². The largest absolute Gasteiger partial charge is 0.346 e. The normalized spacial score (nSPS) is 10.9. The molecule has 78 valence electrons. The Morgan fingerprint density at radius 1 is 1.50 bits per heavy atom. The standard InChI is InChI=1S/C9H15N3O2/c1-6(2)7(3)5-12-9(14)11(4)8(13)10-12/h6H,3,5H2,1-2,4H3,(H,10,13). The Morgan fingerprint density at radius 3 is 2.43 bits per heavy atom. The van der Waals surface area contributed by atoms with Gasteiger partial charge in [0.25, 0.3) is 0 Å². The maximum Gasteiger partial charge on any atom is 0.346 e. The Morgan fingerprint density at radius 2 is 2.07 bits per heavy atom. The minimum absolute atomic E-state index is 0.297. The minimum Gasteiger partial charge on any atom is -0.246 e. The number of rotatable bonds is 3. The second-order valence-electron chi connectivity index (χ2n) is 3.66. The van der Waals surface area contributed by atoms with Gasteiger partial charge in [-0.15, -0.1) is 0 Å². The summed E-state index contributed by atoms with van der Waals surface area (Å²) in [4.78, 5) is 22.5. The van der Waals surface area contributed by atoms with Crippen molar-refractivity contribution in [2.24, 2.45) is 13.0 Å². The highest BCUT2D eigenvalue weighted by Gasteiger charge is 2.07. The molecule has 0 spiro atoms. The van der Waals surface area contributed by atoms with Crippen molar-refractivity contribution in [2.75, 3.05) is 0 Å². The van der Waals surface area contributed by atoms with Crippen LogP contribution in [0, 0.1) is 5.92 Å². The number of aromatic amines is 1. The molecule has 0 bridgehead atoms. The maximum absolute atomic E-state index is 11.4. The molecule has 1 aromatic rings. The smallest absolute Gasteiger partial charge is 0.246 e. The van der Waals surface area contributed by atoms with Gasteiger partial charge < -0.3 is 0 Å². The van der Waals surface area contributed by atoms with Gasteiger partial charge in [-0.05, 0) is 5.92 Å². The summed E-state index contributed by atoms with van der Waals surface area (Å²) < 4.78 is 2.30. The molecule has 0 aliphatic rings. The monoisotopic (exact) mass is 197 g/mol. The molecule has 0 atom stereocenters. The highest BCUT2D eigenvalue weighted by molar-refractivity contribution is 4.97. The van der Waals surface area contributed by atoms with Crippen molar-refractivity contribution in [2.45, 2.75) is 20.4 Å². The quantitative estimate of drug-likeness (QED) is 0.698. The van der Waals surface area contributed by atoms with Crippen molar-refractivity contribution < 1.29 is 0 Å². The molecule has 1 N–H and O–H groups in total. The van der Waals surface area contributed by atoms with Gasteiger partial charge >= 0.3 is 11.4 Å². The Hall–Kier alpha value is -1.52. The van der Waals surface area contributed by atoms with E-state index >= 15 is 0 Å². The molecule has 5 nitrogen and oxygen atoms in total. The number of aromatic nitrogens is 3. The zero-order chi connectivity index (χ0) is 10.9. The lowest BCUT2D eigenvalue weighted by Crippen LogP contribution is -2.26. The van der Waals surface area contributed by atoms with Crippen molar-refractivity contribution in [1.29, 1.82) is 0 Å². The van der Waals surface area contributed by atoms with Gasteiger partial charge in [-0.2, -0.15) is 0 Å². The molecule has 0 radical (unpaired) electrons. The molecule has 1 rings (SSSR count). The summed E-state index contributed by atoms with van der Waals surface area (Å²) in [7, 11) is 1.44. The van der Waals surface area contributed by atoms with Gasteiger partial charge in [0.2, 0.25) is 0 Å². The summed E-state index contributed by atoms with van der Waals surface area (Å²) in [6.07, 6.45) is 0. The van der Waals surface area contributed by atoms with E-state index in [2.05, 4.69) is 11.7 Å². The fourth-order valence-corrected chi connectivity index (χ4v) is 0.999. The van der Waals surface area contributed by atoms with Crippen LogP contribution in [0.5, 0.6) is 0 Å². The number of hydrogen-bond donors (Lipinski definition) is 1. The van der Waals surface area contributed by atoms with Crippen molar-refractivity contribution >= 4 is 0 Å². The summed E-state index contributed by atoms with van der Waals surface area (Å²) in [5, 5.41) is 2.45. The molecule has 0 aliphatic heterocycles. The highest BCUT2D eigenvalue weighted by Crippen LogP contribution is 2.06. The second-order valence-corrected chi connectivity index (χ2v) is 3.66. The third-order valence-electron chi connectivity index (χ3n) is 2.23. The van der Waals surface area contributed by atoms with Crippen LogP contribution in [0.25, 0.3) is 0 Å². The van der Waals surface area contributed by atoms with Crippen LogP contribution < -0.4 is 11.4 Å². The Balaban J connectivity index is 3.00. The molecule has 0 aromatic carbocycles. The first kappa shape index (κ1) is 10.6. The summed E-state index contributed by atoms with van der Waals surface area (Å²) in [6, 6.07) is 0. The predicted octanol–water partition coefficient (Wildman–Crippen LogP) is 0.0873. The zero-order valence-electron chi connectivity index (χ0n) is 8.70. The summed E-state index contributed by atoms with van der Waals surface area (Å²) >= 11 is 0. The average Bonchev–Trinajstić information content (AvgIpc) is 2.33. The summed E-state index contributed by atoms with van der Waals surface area (Å²) in [5.41, 5.74) is 0.178. The Labute approximate surface area is 81.7 Å². The van der Waals surface area contributed by atoms with Crippen LogP contribution in [-0.2, 0) is 13.6 Å². The summed E-state index contributed by atoms with van der Waals surface area (Å²) in [5.74, 6) is 0.297. The van der Waals surface area contributed by atoms with E-state index in [4.69, 9.17) is 0 Å². The maximum atomic E-state index is 11.4. The van der Waals surface area contributed by atoms with Crippen LogP contribution in [0.3, 0.4) is 0 Å². The molecule has 1 heterocycles. The molecule has 0 unspecified atom stereocenters. The van der Waals surface area contributed by atoms with Crippen LogP contribution >= 0.6 is 0 Å². The van der Waals surface area contributed by atoms with Gasteiger partial charge in [-0.1, -0.05) is 26.0 Å². The van der Waals surface area contributed by atoms with Crippen molar-refractivity contribution in [1.82, 2.24) is 14.3 Å². The molecular weight excluding hydrogens is 182 g/mol. The van der Waals surface area contributed by atoms with E-state index in [1.165, 1.54) is 11.7 Å². The van der Waals surface area contributed by atoms with Crippen molar-refractivity contribution in [3.8, 4) is 0 Å². The van der Waals surface area contributed by atoms with Gasteiger partial charge in [0, 0.05) is 7.05 Å². The third kappa shape index (κ3) is 1.86. The molecule has 0 fully saturated rings. The molecule has 0 saturated carbocycles. The molecule has 0 saturated heterocycles. The number of nitrogens with zero attached hydrogens (tertiary/aromatic N) is 2. The van der Waals surface area contributed by atoms with E-state index in [9.17, 15) is 9.59 Å². The number of allylic oxidation sites excluding steroid dienone is 1. The van der Waals surface area contributed by atoms with Crippen LogP contribution in [0.4, 0.5) is 0 Å². The van der Waals surface area contributed by atoms with Gasteiger partial charge in [0.15, 0.2) is 0 Å². The first-order valence-corrected chi connectivity index (χ1v) is 4.47. The fraction of sp³-hybridized carbons (Fsp3) is 0.556. The summed E-state index contributed by atoms with van der Waals surface area (Å²) in [6.45, 7) is 8.20. The van der Waals surface area contributed by atoms with Gasteiger partial charge in [0.05, 0.1) is 6.54 Å². The van der Waals surface area contributed by atoms with Crippen LogP contribution in [0.2, 0.25) is 0 Å². The van der Waals surface area contributed by atoms with Gasteiger partial charge in [0.1, 0.15) is 0 Å². The van der Waals surface area contributed by atoms with E-state index in [1.54, 1.807) is 0 Å². The van der Waals surface area contributed by atoms with Crippen molar-refractivity contribution in [3.05, 3.63) is 33.1 Å². The molecule has 14 heavy (non-hydrogen) atoms. The van der Waals surface area contributed by atoms with E-state index in [1.807, 2.05) is 13.8 Å². The van der Waals surface area contributed by atoms with Crippen LogP contribution in [0.1, 0.15) is 13.8 Å².